The van der Waals surface area contributed by atoms with Gasteiger partial charge in [-0.05, 0) is 6.92 Å². The smallest absolute Gasteiger partial charge is 0.259 e. The monoisotopic (exact) mass is 423 g/mol. The number of carbonyl (C=O) groups is 1. The summed E-state index contributed by atoms with van der Waals surface area (Å²) in [5.41, 5.74) is 1.89. The van der Waals surface area contributed by atoms with Crippen molar-refractivity contribution in [1.82, 2.24) is 29.0 Å². The van der Waals surface area contributed by atoms with Gasteiger partial charge in [0.25, 0.3) is 11.5 Å². The van der Waals surface area contributed by atoms with Crippen molar-refractivity contribution in [1.29, 1.82) is 0 Å². The first-order chi connectivity index (χ1) is 15.0. The minimum Gasteiger partial charge on any atom is -0.496 e. The van der Waals surface area contributed by atoms with Crippen LogP contribution in [0, 0.1) is 11.8 Å². The van der Waals surface area contributed by atoms with E-state index in [1.807, 2.05) is 9.47 Å². The third kappa shape index (κ3) is 3.13. The first kappa shape index (κ1) is 19.5. The van der Waals surface area contributed by atoms with Crippen LogP contribution in [0.15, 0.2) is 29.7 Å². The molecule has 2 unspecified atom stereocenters. The fraction of sp³-hybridized carbons (Fsp3) is 0.476. The van der Waals surface area contributed by atoms with E-state index in [2.05, 4.69) is 26.8 Å². The Kier molecular flexibility index (Phi) is 4.64. The van der Waals surface area contributed by atoms with E-state index in [4.69, 9.17) is 4.74 Å². The molecule has 5 rings (SSSR count). The van der Waals surface area contributed by atoms with Crippen molar-refractivity contribution in [2.45, 2.75) is 13.5 Å². The van der Waals surface area contributed by atoms with Crippen LogP contribution in [0.1, 0.15) is 17.3 Å². The van der Waals surface area contributed by atoms with Gasteiger partial charge in [-0.25, -0.2) is 15.0 Å². The molecule has 162 valence electrons. The number of amides is 1. The van der Waals surface area contributed by atoms with E-state index in [-0.39, 0.29) is 11.5 Å². The summed E-state index contributed by atoms with van der Waals surface area (Å²) in [6.45, 7) is 5.86. The number of fused-ring (bicyclic) bond motifs is 2. The number of nitrogens with zero attached hydrogens (tertiary/aromatic N) is 7. The Morgan fingerprint density at radius 3 is 2.58 bits per heavy atom. The van der Waals surface area contributed by atoms with Crippen LogP contribution in [0.2, 0.25) is 0 Å². The molecule has 2 atom stereocenters. The minimum absolute atomic E-state index is 0.0977. The second-order valence-corrected chi connectivity index (χ2v) is 8.24. The van der Waals surface area contributed by atoms with Gasteiger partial charge in [-0.2, -0.15) is 0 Å². The van der Waals surface area contributed by atoms with Crippen LogP contribution in [0.5, 0.6) is 5.75 Å². The molecule has 1 amide bonds. The van der Waals surface area contributed by atoms with Crippen molar-refractivity contribution in [3.05, 3.63) is 40.8 Å². The van der Waals surface area contributed by atoms with Crippen LogP contribution in [0.4, 0.5) is 5.82 Å². The molecule has 2 aliphatic heterocycles. The summed E-state index contributed by atoms with van der Waals surface area (Å²) in [6.07, 6.45) is 4.97. The van der Waals surface area contributed by atoms with Crippen molar-refractivity contribution in [3.8, 4) is 5.75 Å². The van der Waals surface area contributed by atoms with Crippen LogP contribution in [0.25, 0.3) is 11.2 Å². The molecule has 31 heavy (non-hydrogen) atoms. The van der Waals surface area contributed by atoms with E-state index in [1.165, 1.54) is 17.7 Å². The van der Waals surface area contributed by atoms with Crippen LogP contribution in [-0.2, 0) is 13.6 Å². The molecule has 2 fully saturated rings. The average molecular weight is 423 g/mol. The maximum atomic E-state index is 13.2. The van der Waals surface area contributed by atoms with E-state index in [9.17, 15) is 9.59 Å². The lowest BCUT2D eigenvalue weighted by atomic mass is 10.0. The molecule has 10 heteroatoms. The molecule has 0 aliphatic carbocycles. The molecule has 0 N–H and O–H groups in total. The minimum atomic E-state index is -0.205. The number of anilines is 1. The summed E-state index contributed by atoms with van der Waals surface area (Å²) in [6, 6.07) is 1.36. The topological polar surface area (TPSA) is 98.4 Å². The number of methoxy groups -OCH3 is 1. The summed E-state index contributed by atoms with van der Waals surface area (Å²) in [5, 5.41) is 0. The van der Waals surface area contributed by atoms with E-state index in [0.717, 1.165) is 36.6 Å². The Balaban J connectivity index is 1.34. The Morgan fingerprint density at radius 2 is 1.90 bits per heavy atom. The van der Waals surface area contributed by atoms with Gasteiger partial charge < -0.3 is 23.7 Å². The number of likely N-dealkylation sites (tertiary alicyclic amines) is 1. The summed E-state index contributed by atoms with van der Waals surface area (Å²) in [5.74, 6) is 1.81. The van der Waals surface area contributed by atoms with Gasteiger partial charge in [-0.15, -0.1) is 0 Å². The molecule has 0 bridgehead atoms. The molecule has 10 nitrogen and oxygen atoms in total. The largest absolute Gasteiger partial charge is 0.496 e. The van der Waals surface area contributed by atoms with Gasteiger partial charge in [-0.1, -0.05) is 0 Å². The van der Waals surface area contributed by atoms with Crippen molar-refractivity contribution in [2.24, 2.45) is 18.9 Å². The van der Waals surface area contributed by atoms with Gasteiger partial charge in [0.1, 0.15) is 12.1 Å². The zero-order valence-electron chi connectivity index (χ0n) is 17.9. The zero-order valence-corrected chi connectivity index (χ0v) is 17.9. The molecule has 0 saturated carbocycles. The second kappa shape index (κ2) is 7.36. The standard InChI is InChI=1S/C21H25N7O3/c1-4-26-12-24-18-19(26)22-11-23-20(18)27-6-13-8-28(9-14(13)7-27)21(30)15-10-25(2)17(29)5-16(15)31-3/h5,10-14H,4,6-9H2,1-3H3. The van der Waals surface area contributed by atoms with Crippen LogP contribution >= 0.6 is 0 Å². The second-order valence-electron chi connectivity index (χ2n) is 8.24. The number of ether oxygens (including phenoxy) is 1. The quantitative estimate of drug-likeness (QED) is 0.611. The van der Waals surface area contributed by atoms with Crippen molar-refractivity contribution in [3.63, 3.8) is 0 Å². The molecular weight excluding hydrogens is 398 g/mol. The highest BCUT2D eigenvalue weighted by Crippen LogP contribution is 2.36. The van der Waals surface area contributed by atoms with Gasteiger partial charge in [0, 0.05) is 63.9 Å². The molecule has 0 spiro atoms. The number of aromatic nitrogens is 5. The maximum Gasteiger partial charge on any atom is 0.259 e. The summed E-state index contributed by atoms with van der Waals surface area (Å²) in [7, 11) is 3.11. The van der Waals surface area contributed by atoms with Crippen LogP contribution < -0.4 is 15.2 Å². The maximum absolute atomic E-state index is 13.2. The Hall–Kier alpha value is -3.43. The SMILES string of the molecule is CCn1cnc2c(N3CC4CN(C(=O)c5cn(C)c(=O)cc5OC)CC4C3)ncnc21. The lowest BCUT2D eigenvalue weighted by molar-refractivity contribution is 0.0778. The highest BCUT2D eigenvalue weighted by molar-refractivity contribution is 5.97. The van der Waals surface area contributed by atoms with E-state index >= 15 is 0 Å². The van der Waals surface area contributed by atoms with Crippen molar-refractivity contribution < 1.29 is 9.53 Å². The molecule has 3 aromatic heterocycles. The van der Waals surface area contributed by atoms with Gasteiger partial charge in [0.05, 0.1) is 19.0 Å². The van der Waals surface area contributed by atoms with E-state index < -0.39 is 0 Å². The van der Waals surface area contributed by atoms with Crippen LogP contribution in [-0.4, -0.2) is 68.2 Å². The van der Waals surface area contributed by atoms with Gasteiger partial charge in [0.15, 0.2) is 17.0 Å². The molecule has 0 aromatic carbocycles. The number of imidazole rings is 1. The number of aryl methyl sites for hydroxylation is 2. The molecular formula is C21H25N7O3. The summed E-state index contributed by atoms with van der Waals surface area (Å²) < 4.78 is 8.71. The number of rotatable bonds is 4. The molecule has 2 saturated heterocycles. The Morgan fingerprint density at radius 1 is 1.16 bits per heavy atom. The lowest BCUT2D eigenvalue weighted by Crippen LogP contribution is -2.34. The summed E-state index contributed by atoms with van der Waals surface area (Å²) >= 11 is 0. The molecule has 0 radical (unpaired) electrons. The molecule has 5 heterocycles. The predicted octanol–water partition coefficient (Wildman–Crippen LogP) is 0.762. The predicted molar refractivity (Wildman–Crippen MR) is 114 cm³/mol. The number of carbonyl (C=O) groups excluding carboxylic acids is 1. The first-order valence-corrected chi connectivity index (χ1v) is 10.4. The van der Waals surface area contributed by atoms with Gasteiger partial charge in [0.2, 0.25) is 0 Å². The first-order valence-electron chi connectivity index (χ1n) is 10.4. The third-order valence-electron chi connectivity index (χ3n) is 6.44. The van der Waals surface area contributed by atoms with Gasteiger partial charge >= 0.3 is 0 Å². The summed E-state index contributed by atoms with van der Waals surface area (Å²) in [4.78, 5) is 42.6. The number of pyridine rings is 1. The number of hydrogen-bond donors (Lipinski definition) is 0. The lowest BCUT2D eigenvalue weighted by Gasteiger charge is -2.23. The van der Waals surface area contributed by atoms with Crippen LogP contribution in [0.3, 0.4) is 0 Å². The zero-order chi connectivity index (χ0) is 21.7. The molecule has 3 aromatic rings. The number of hydrogen-bond acceptors (Lipinski definition) is 7. The van der Waals surface area contributed by atoms with E-state index in [1.54, 1.807) is 25.9 Å². The van der Waals surface area contributed by atoms with Crippen molar-refractivity contribution in [2.75, 3.05) is 38.2 Å². The van der Waals surface area contributed by atoms with Crippen molar-refractivity contribution >= 4 is 22.9 Å². The average Bonchev–Trinajstić information content (AvgIpc) is 3.47. The van der Waals surface area contributed by atoms with Gasteiger partial charge in [-0.3, -0.25) is 9.59 Å². The highest BCUT2D eigenvalue weighted by Gasteiger charge is 2.43. The fourth-order valence-corrected chi connectivity index (χ4v) is 4.78. The highest BCUT2D eigenvalue weighted by atomic mass is 16.5. The Bertz CT molecular complexity index is 1200. The normalized spacial score (nSPS) is 20.5. The fourth-order valence-electron chi connectivity index (χ4n) is 4.78. The van der Waals surface area contributed by atoms with E-state index in [0.29, 0.717) is 36.2 Å². The Labute approximate surface area is 179 Å². The third-order valence-corrected chi connectivity index (χ3v) is 6.44. The molecule has 2 aliphatic rings.